The quantitative estimate of drug-likeness (QED) is 0.508. The smallest absolute Gasteiger partial charge is 0.266 e. The lowest BCUT2D eigenvalue weighted by Gasteiger charge is -2.15. The second kappa shape index (κ2) is 7.51. The van der Waals surface area contributed by atoms with Gasteiger partial charge in [0.2, 0.25) is 0 Å². The lowest BCUT2D eigenvalue weighted by molar-refractivity contribution is 0.129. The van der Waals surface area contributed by atoms with E-state index in [4.69, 9.17) is 14.5 Å². The average molecular weight is 368 g/mol. The number of para-hydroxylation sites is 1. The first-order valence-electron chi connectivity index (χ1n) is 8.67. The van der Waals surface area contributed by atoms with Crippen LogP contribution in [0.5, 0.6) is 5.75 Å². The highest BCUT2D eigenvalue weighted by Crippen LogP contribution is 2.26. The Hall–Kier alpha value is -2.31. The first kappa shape index (κ1) is 17.1. The molecule has 1 atom stereocenters. The first-order valence-corrected chi connectivity index (χ1v) is 9.65. The van der Waals surface area contributed by atoms with E-state index in [2.05, 4.69) is 0 Å². The lowest BCUT2D eigenvalue weighted by Crippen LogP contribution is -2.22. The maximum Gasteiger partial charge on any atom is 0.266 e. The van der Waals surface area contributed by atoms with Crippen molar-refractivity contribution in [2.24, 2.45) is 0 Å². The van der Waals surface area contributed by atoms with Gasteiger partial charge in [0.1, 0.15) is 5.75 Å². The van der Waals surface area contributed by atoms with E-state index in [1.54, 1.807) is 23.4 Å². The number of hydrogen-bond donors (Lipinski definition) is 0. The molecular formula is C20H20N2O3S. The Morgan fingerprint density at radius 2 is 2.15 bits per heavy atom. The van der Waals surface area contributed by atoms with Gasteiger partial charge in [-0.1, -0.05) is 30.0 Å². The molecule has 1 aliphatic rings. The summed E-state index contributed by atoms with van der Waals surface area (Å²) in [5.74, 6) is 1.49. The molecule has 134 valence electrons. The number of aromatic nitrogens is 2. The molecule has 0 bridgehead atoms. The van der Waals surface area contributed by atoms with E-state index in [1.807, 2.05) is 48.5 Å². The van der Waals surface area contributed by atoms with E-state index in [-0.39, 0.29) is 11.7 Å². The molecule has 6 heteroatoms. The van der Waals surface area contributed by atoms with Gasteiger partial charge in [0, 0.05) is 18.4 Å². The maximum absolute atomic E-state index is 13.2. The van der Waals surface area contributed by atoms with Gasteiger partial charge in [-0.2, -0.15) is 0 Å². The summed E-state index contributed by atoms with van der Waals surface area (Å²) in [6.45, 7) is 0.819. The zero-order valence-corrected chi connectivity index (χ0v) is 15.4. The Kier molecular flexibility index (Phi) is 4.95. The van der Waals surface area contributed by atoms with Crippen molar-refractivity contribution in [3.05, 3.63) is 58.9 Å². The van der Waals surface area contributed by atoms with E-state index < -0.39 is 0 Å². The minimum Gasteiger partial charge on any atom is -0.497 e. The van der Waals surface area contributed by atoms with Crippen molar-refractivity contribution < 1.29 is 9.47 Å². The van der Waals surface area contributed by atoms with Crippen molar-refractivity contribution in [3.63, 3.8) is 0 Å². The van der Waals surface area contributed by atoms with Gasteiger partial charge in [0.15, 0.2) is 5.16 Å². The van der Waals surface area contributed by atoms with Crippen LogP contribution < -0.4 is 10.3 Å². The number of nitrogens with zero attached hydrogens (tertiary/aromatic N) is 2. The zero-order chi connectivity index (χ0) is 17.9. The number of rotatable bonds is 5. The third-order valence-electron chi connectivity index (χ3n) is 4.48. The molecule has 3 aromatic rings. The van der Waals surface area contributed by atoms with Crippen LogP contribution in [-0.2, 0) is 4.74 Å². The lowest BCUT2D eigenvalue weighted by atomic mass is 10.2. The summed E-state index contributed by atoms with van der Waals surface area (Å²) in [6, 6.07) is 15.0. The molecule has 1 aliphatic heterocycles. The molecule has 1 fully saturated rings. The van der Waals surface area contributed by atoms with E-state index >= 15 is 0 Å². The second-order valence-electron chi connectivity index (χ2n) is 6.20. The number of benzene rings is 2. The molecule has 0 N–H and O–H groups in total. The maximum atomic E-state index is 13.2. The second-order valence-corrected chi connectivity index (χ2v) is 7.19. The molecule has 2 aromatic carbocycles. The van der Waals surface area contributed by atoms with Crippen molar-refractivity contribution in [1.29, 1.82) is 0 Å². The summed E-state index contributed by atoms with van der Waals surface area (Å²) < 4.78 is 12.7. The average Bonchev–Trinajstić information content (AvgIpc) is 3.20. The summed E-state index contributed by atoms with van der Waals surface area (Å²) in [6.07, 6.45) is 2.38. The number of fused-ring (bicyclic) bond motifs is 1. The third-order valence-corrected chi connectivity index (χ3v) is 5.55. The fraction of sp³-hybridized carbons (Fsp3) is 0.300. The van der Waals surface area contributed by atoms with Crippen LogP contribution in [0.1, 0.15) is 12.8 Å². The molecule has 0 spiro atoms. The van der Waals surface area contributed by atoms with Gasteiger partial charge in [-0.05, 0) is 37.1 Å². The minimum atomic E-state index is -0.0707. The molecule has 0 saturated carbocycles. The zero-order valence-electron chi connectivity index (χ0n) is 14.6. The van der Waals surface area contributed by atoms with E-state index in [0.29, 0.717) is 21.8 Å². The normalized spacial score (nSPS) is 16.9. The molecule has 4 rings (SSSR count). The Morgan fingerprint density at radius 3 is 2.96 bits per heavy atom. The van der Waals surface area contributed by atoms with Crippen molar-refractivity contribution >= 4 is 22.7 Å². The summed E-state index contributed by atoms with van der Waals surface area (Å²) >= 11 is 1.57. The van der Waals surface area contributed by atoms with Gasteiger partial charge in [0.25, 0.3) is 5.56 Å². The molecule has 0 radical (unpaired) electrons. The Labute approximate surface area is 156 Å². The highest BCUT2D eigenvalue weighted by Gasteiger charge is 2.19. The van der Waals surface area contributed by atoms with Crippen LogP contribution in [0.15, 0.2) is 58.5 Å². The molecule has 1 saturated heterocycles. The van der Waals surface area contributed by atoms with Crippen molar-refractivity contribution in [2.75, 3.05) is 19.5 Å². The van der Waals surface area contributed by atoms with Gasteiger partial charge in [0.05, 0.1) is 29.8 Å². The number of hydrogen-bond acceptors (Lipinski definition) is 5. The number of thioether (sulfide) groups is 1. The Morgan fingerprint density at radius 1 is 1.27 bits per heavy atom. The summed E-state index contributed by atoms with van der Waals surface area (Å²) in [7, 11) is 1.62. The first-order chi connectivity index (χ1) is 12.8. The number of methoxy groups -OCH3 is 1. The molecule has 0 aliphatic carbocycles. The molecule has 1 aromatic heterocycles. The third kappa shape index (κ3) is 3.34. The SMILES string of the molecule is COc1cccc(-n2c(SC[C@H]3CCCO3)nc3ccccc3c2=O)c1. The summed E-state index contributed by atoms with van der Waals surface area (Å²) in [5, 5.41) is 1.29. The van der Waals surface area contributed by atoms with Crippen LogP contribution in [0.4, 0.5) is 0 Å². The highest BCUT2D eigenvalue weighted by molar-refractivity contribution is 7.99. The molecule has 0 unspecified atom stereocenters. The van der Waals surface area contributed by atoms with Crippen LogP contribution in [0.2, 0.25) is 0 Å². The van der Waals surface area contributed by atoms with Crippen molar-refractivity contribution in [3.8, 4) is 11.4 Å². The topological polar surface area (TPSA) is 53.4 Å². The molecular weight excluding hydrogens is 348 g/mol. The van der Waals surface area contributed by atoms with Gasteiger partial charge >= 0.3 is 0 Å². The summed E-state index contributed by atoms with van der Waals surface area (Å²) in [4.78, 5) is 17.9. The van der Waals surface area contributed by atoms with Crippen LogP contribution in [-0.4, -0.2) is 35.1 Å². The minimum absolute atomic E-state index is 0.0707. The predicted octanol–water partition coefficient (Wildman–Crippen LogP) is 3.67. The fourth-order valence-corrected chi connectivity index (χ4v) is 4.21. The fourth-order valence-electron chi connectivity index (χ4n) is 3.13. The highest BCUT2D eigenvalue weighted by atomic mass is 32.2. The van der Waals surface area contributed by atoms with Crippen LogP contribution in [0, 0.1) is 0 Å². The van der Waals surface area contributed by atoms with Crippen molar-refractivity contribution in [2.45, 2.75) is 24.1 Å². The number of ether oxygens (including phenoxy) is 2. The molecule has 0 amide bonds. The molecule has 5 nitrogen and oxygen atoms in total. The molecule has 2 heterocycles. The van der Waals surface area contributed by atoms with Crippen LogP contribution >= 0.6 is 11.8 Å². The van der Waals surface area contributed by atoms with Crippen LogP contribution in [0.25, 0.3) is 16.6 Å². The predicted molar refractivity (Wildman–Crippen MR) is 104 cm³/mol. The Balaban J connectivity index is 1.82. The van der Waals surface area contributed by atoms with E-state index in [1.165, 1.54) is 0 Å². The van der Waals surface area contributed by atoms with Gasteiger partial charge in [-0.25, -0.2) is 4.98 Å². The largest absolute Gasteiger partial charge is 0.497 e. The van der Waals surface area contributed by atoms with Crippen molar-refractivity contribution in [1.82, 2.24) is 9.55 Å². The summed E-state index contributed by atoms with van der Waals surface area (Å²) in [5.41, 5.74) is 1.40. The van der Waals surface area contributed by atoms with Gasteiger partial charge < -0.3 is 9.47 Å². The van der Waals surface area contributed by atoms with Gasteiger partial charge in [-0.3, -0.25) is 9.36 Å². The van der Waals surface area contributed by atoms with E-state index in [0.717, 1.165) is 30.9 Å². The van der Waals surface area contributed by atoms with E-state index in [9.17, 15) is 4.79 Å². The molecule has 26 heavy (non-hydrogen) atoms. The standard InChI is InChI=1S/C20H20N2O3S/c1-24-15-7-4-6-14(12-15)22-19(23)17-9-2-3-10-18(17)21-20(22)26-13-16-8-5-11-25-16/h2-4,6-7,9-10,12,16H,5,8,11,13H2,1H3/t16-/m1/s1. The van der Waals surface area contributed by atoms with Gasteiger partial charge in [-0.15, -0.1) is 0 Å². The van der Waals surface area contributed by atoms with Crippen LogP contribution in [0.3, 0.4) is 0 Å². The monoisotopic (exact) mass is 368 g/mol. The Bertz CT molecular complexity index is 980.